The lowest BCUT2D eigenvalue weighted by atomic mass is 10.0. The van der Waals surface area contributed by atoms with E-state index in [-0.39, 0.29) is 11.9 Å². The molecule has 2 aromatic carbocycles. The zero-order valence-electron chi connectivity index (χ0n) is 11.4. The first kappa shape index (κ1) is 14.8. The van der Waals surface area contributed by atoms with Crippen LogP contribution in [-0.2, 0) is 0 Å². The fourth-order valence-electron chi connectivity index (χ4n) is 2.40. The summed E-state index contributed by atoms with van der Waals surface area (Å²) in [5.41, 5.74) is 7.48. The van der Waals surface area contributed by atoms with Gasteiger partial charge < -0.3 is 10.6 Å². The molecule has 1 atom stereocenters. The molecule has 106 valence electrons. The van der Waals surface area contributed by atoms with Gasteiger partial charge in [-0.15, -0.1) is 0 Å². The van der Waals surface area contributed by atoms with Gasteiger partial charge in [0.15, 0.2) is 0 Å². The first-order chi connectivity index (χ1) is 9.67. The van der Waals surface area contributed by atoms with Crippen LogP contribution in [0.2, 0.25) is 5.02 Å². The van der Waals surface area contributed by atoms with Crippen LogP contribution in [-0.4, -0.2) is 13.1 Å². The minimum Gasteiger partial charge on any atom is -0.363 e. The molecule has 0 saturated heterocycles. The van der Waals surface area contributed by atoms with Crippen LogP contribution in [0.15, 0.2) is 48.5 Å². The van der Waals surface area contributed by atoms with Crippen molar-refractivity contribution in [3.05, 3.63) is 64.9 Å². The summed E-state index contributed by atoms with van der Waals surface area (Å²) in [6.45, 7) is 3.11. The van der Waals surface area contributed by atoms with Crippen molar-refractivity contribution in [1.29, 1.82) is 0 Å². The number of halogens is 2. The first-order valence-electron chi connectivity index (χ1n) is 6.64. The Kier molecular flexibility index (Phi) is 4.99. The van der Waals surface area contributed by atoms with Crippen molar-refractivity contribution in [3.8, 4) is 0 Å². The summed E-state index contributed by atoms with van der Waals surface area (Å²) in [6.07, 6.45) is 0. The second-order valence-electron chi connectivity index (χ2n) is 4.54. The van der Waals surface area contributed by atoms with Gasteiger partial charge in [-0.3, -0.25) is 0 Å². The quantitative estimate of drug-likeness (QED) is 0.902. The number of nitrogens with two attached hydrogens (primary N) is 1. The Labute approximate surface area is 124 Å². The molecule has 0 amide bonds. The average molecular weight is 293 g/mol. The smallest absolute Gasteiger partial charge is 0.130 e. The largest absolute Gasteiger partial charge is 0.363 e. The summed E-state index contributed by atoms with van der Waals surface area (Å²) in [7, 11) is 0. The summed E-state index contributed by atoms with van der Waals surface area (Å²) >= 11 is 5.81. The van der Waals surface area contributed by atoms with Gasteiger partial charge in [-0.2, -0.15) is 0 Å². The predicted molar refractivity (Wildman–Crippen MR) is 82.7 cm³/mol. The highest BCUT2D eigenvalue weighted by Crippen LogP contribution is 2.29. The monoisotopic (exact) mass is 292 g/mol. The number of likely N-dealkylation sites (N-methyl/N-ethyl adjacent to an activating group) is 1. The Morgan fingerprint density at radius 1 is 1.20 bits per heavy atom. The van der Waals surface area contributed by atoms with Crippen LogP contribution in [0.3, 0.4) is 0 Å². The maximum Gasteiger partial charge on any atom is 0.130 e. The van der Waals surface area contributed by atoms with Crippen LogP contribution in [0, 0.1) is 5.82 Å². The Bertz CT molecular complexity index is 560. The van der Waals surface area contributed by atoms with E-state index in [9.17, 15) is 4.39 Å². The first-order valence-corrected chi connectivity index (χ1v) is 7.01. The van der Waals surface area contributed by atoms with Gasteiger partial charge >= 0.3 is 0 Å². The lowest BCUT2D eigenvalue weighted by molar-refractivity contribution is 0.562. The molecule has 2 rings (SSSR count). The number of hydrogen-bond donors (Lipinski definition) is 1. The van der Waals surface area contributed by atoms with Crippen molar-refractivity contribution in [3.63, 3.8) is 0 Å². The zero-order valence-corrected chi connectivity index (χ0v) is 12.1. The minimum atomic E-state index is -0.317. The molecular weight excluding hydrogens is 275 g/mol. The maximum absolute atomic E-state index is 14.1. The summed E-state index contributed by atoms with van der Waals surface area (Å²) in [6, 6.07) is 14.4. The molecule has 0 aliphatic carbocycles. The highest BCUT2D eigenvalue weighted by molar-refractivity contribution is 6.30. The van der Waals surface area contributed by atoms with E-state index in [1.54, 1.807) is 12.1 Å². The Morgan fingerprint density at radius 2 is 1.90 bits per heavy atom. The Balaban J connectivity index is 2.39. The predicted octanol–water partition coefficient (Wildman–Crippen LogP) is 4.01. The molecule has 0 spiro atoms. The zero-order chi connectivity index (χ0) is 14.5. The van der Waals surface area contributed by atoms with Crippen molar-refractivity contribution in [2.45, 2.75) is 13.0 Å². The molecule has 0 heterocycles. The second-order valence-corrected chi connectivity index (χ2v) is 4.98. The molecule has 2 nitrogen and oxygen atoms in total. The van der Waals surface area contributed by atoms with Crippen LogP contribution < -0.4 is 10.6 Å². The van der Waals surface area contributed by atoms with Crippen molar-refractivity contribution in [2.24, 2.45) is 5.73 Å². The van der Waals surface area contributed by atoms with Gasteiger partial charge in [0.25, 0.3) is 0 Å². The fraction of sp³-hybridized carbons (Fsp3) is 0.250. The van der Waals surface area contributed by atoms with Gasteiger partial charge in [-0.1, -0.05) is 35.9 Å². The molecule has 0 fully saturated rings. The summed E-state index contributed by atoms with van der Waals surface area (Å²) in [4.78, 5) is 2.09. The van der Waals surface area contributed by atoms with Gasteiger partial charge in [-0.25, -0.2) is 4.39 Å². The van der Waals surface area contributed by atoms with Crippen molar-refractivity contribution >= 4 is 17.3 Å². The number of nitrogens with zero attached hydrogens (tertiary/aromatic N) is 1. The van der Waals surface area contributed by atoms with Gasteiger partial charge in [0.1, 0.15) is 5.82 Å². The molecule has 0 aliphatic rings. The maximum atomic E-state index is 14.1. The van der Waals surface area contributed by atoms with E-state index in [0.29, 0.717) is 17.1 Å². The van der Waals surface area contributed by atoms with Crippen LogP contribution >= 0.6 is 11.6 Å². The fourth-order valence-corrected chi connectivity index (χ4v) is 2.56. The van der Waals surface area contributed by atoms with Crippen molar-refractivity contribution < 1.29 is 4.39 Å². The highest BCUT2D eigenvalue weighted by Gasteiger charge is 2.21. The molecule has 2 aromatic rings. The molecule has 20 heavy (non-hydrogen) atoms. The van der Waals surface area contributed by atoms with Gasteiger partial charge in [-0.05, 0) is 31.2 Å². The van der Waals surface area contributed by atoms with E-state index in [0.717, 1.165) is 12.2 Å². The Morgan fingerprint density at radius 3 is 2.45 bits per heavy atom. The summed E-state index contributed by atoms with van der Waals surface area (Å²) in [5.74, 6) is -0.317. The average Bonchev–Trinajstić information content (AvgIpc) is 2.46. The van der Waals surface area contributed by atoms with Crippen molar-refractivity contribution in [1.82, 2.24) is 0 Å². The lowest BCUT2D eigenvalue weighted by Crippen LogP contribution is -2.34. The topological polar surface area (TPSA) is 29.3 Å². The molecular formula is C16H18ClFN2. The van der Waals surface area contributed by atoms with Crippen LogP contribution in [0.5, 0.6) is 0 Å². The molecule has 0 saturated carbocycles. The second kappa shape index (κ2) is 6.73. The Hall–Kier alpha value is -1.58. The minimum absolute atomic E-state index is 0.209. The number of anilines is 1. The van der Waals surface area contributed by atoms with Gasteiger partial charge in [0.05, 0.1) is 6.04 Å². The van der Waals surface area contributed by atoms with Crippen LogP contribution in [0.25, 0.3) is 0 Å². The number of rotatable bonds is 5. The molecule has 0 bridgehead atoms. The van der Waals surface area contributed by atoms with Crippen molar-refractivity contribution in [2.75, 3.05) is 18.0 Å². The molecule has 0 aliphatic heterocycles. The van der Waals surface area contributed by atoms with E-state index in [1.165, 1.54) is 6.07 Å². The molecule has 0 radical (unpaired) electrons. The summed E-state index contributed by atoms with van der Waals surface area (Å²) < 4.78 is 14.1. The van der Waals surface area contributed by atoms with E-state index in [1.807, 2.05) is 37.3 Å². The normalized spacial score (nSPS) is 12.2. The van der Waals surface area contributed by atoms with Crippen LogP contribution in [0.4, 0.5) is 10.1 Å². The molecule has 4 heteroatoms. The number of para-hydroxylation sites is 1. The van der Waals surface area contributed by atoms with E-state index in [2.05, 4.69) is 4.90 Å². The summed E-state index contributed by atoms with van der Waals surface area (Å²) in [5, 5.41) is 0.393. The third-order valence-electron chi connectivity index (χ3n) is 3.35. The van der Waals surface area contributed by atoms with E-state index in [4.69, 9.17) is 17.3 Å². The lowest BCUT2D eigenvalue weighted by Gasteiger charge is -2.32. The van der Waals surface area contributed by atoms with Gasteiger partial charge in [0, 0.05) is 29.4 Å². The van der Waals surface area contributed by atoms with Gasteiger partial charge in [0.2, 0.25) is 0 Å². The molecule has 0 aromatic heterocycles. The standard InChI is InChI=1S/C16H18ClFN2/c1-2-20(13-6-4-3-5-7-13)16(11-19)14-9-8-12(17)10-15(14)18/h3-10,16H,2,11,19H2,1H3. The highest BCUT2D eigenvalue weighted by atomic mass is 35.5. The third kappa shape index (κ3) is 3.11. The molecule has 2 N–H and O–H groups in total. The SMILES string of the molecule is CCN(c1ccccc1)C(CN)c1ccc(Cl)cc1F. The number of benzene rings is 2. The number of hydrogen-bond acceptors (Lipinski definition) is 2. The van der Waals surface area contributed by atoms with E-state index < -0.39 is 0 Å². The van der Waals surface area contributed by atoms with E-state index >= 15 is 0 Å². The van der Waals surface area contributed by atoms with Crippen LogP contribution in [0.1, 0.15) is 18.5 Å². The molecule has 1 unspecified atom stereocenters. The third-order valence-corrected chi connectivity index (χ3v) is 3.58.